The van der Waals surface area contributed by atoms with Crippen LogP contribution in [0.1, 0.15) is 37.8 Å². The summed E-state index contributed by atoms with van der Waals surface area (Å²) in [6.07, 6.45) is 5.10. The van der Waals surface area contributed by atoms with E-state index in [0.29, 0.717) is 5.15 Å². The van der Waals surface area contributed by atoms with Crippen molar-refractivity contribution in [2.75, 3.05) is 0 Å². The van der Waals surface area contributed by atoms with Crippen LogP contribution in [-0.4, -0.2) is 4.98 Å². The van der Waals surface area contributed by atoms with Gasteiger partial charge in [-0.05, 0) is 18.1 Å². The van der Waals surface area contributed by atoms with Crippen LogP contribution in [0.25, 0.3) is 0 Å². The molecule has 0 aliphatic heterocycles. The smallest absolute Gasteiger partial charge is 0.129 e. The Hall–Kier alpha value is -0.600. The Morgan fingerprint density at radius 1 is 1.54 bits per heavy atom. The van der Waals surface area contributed by atoms with E-state index in [1.165, 1.54) is 6.42 Å². The maximum absolute atomic E-state index is 5.95. The molecule has 0 aromatic carbocycles. The van der Waals surface area contributed by atoms with Crippen molar-refractivity contribution in [2.45, 2.75) is 32.2 Å². The molecule has 1 aromatic rings. The van der Waals surface area contributed by atoms with Crippen LogP contribution in [-0.2, 0) is 0 Å². The van der Waals surface area contributed by atoms with Gasteiger partial charge in [-0.2, -0.15) is 0 Å². The number of pyridine rings is 1. The summed E-state index contributed by atoms with van der Waals surface area (Å²) in [5, 5.41) is 0.520. The van der Waals surface area contributed by atoms with E-state index in [0.717, 1.165) is 18.4 Å². The highest BCUT2D eigenvalue weighted by Crippen LogP contribution is 2.16. The molecule has 0 amide bonds. The fourth-order valence-electron chi connectivity index (χ4n) is 1.20. The van der Waals surface area contributed by atoms with E-state index >= 15 is 0 Å². The van der Waals surface area contributed by atoms with E-state index in [1.807, 2.05) is 6.07 Å². The van der Waals surface area contributed by atoms with Crippen LogP contribution in [0.3, 0.4) is 0 Å². The molecule has 72 valence electrons. The number of rotatable bonds is 4. The highest BCUT2D eigenvalue weighted by atomic mass is 35.5. The molecule has 1 atom stereocenters. The number of nitrogens with zero attached hydrogens (tertiary/aromatic N) is 1. The van der Waals surface area contributed by atoms with E-state index in [9.17, 15) is 0 Å². The van der Waals surface area contributed by atoms with Gasteiger partial charge in [-0.25, -0.2) is 4.98 Å². The Labute approximate surface area is 84.1 Å². The average molecular weight is 199 g/mol. The van der Waals surface area contributed by atoms with Crippen LogP contribution in [0.15, 0.2) is 18.3 Å². The Morgan fingerprint density at radius 2 is 2.31 bits per heavy atom. The van der Waals surface area contributed by atoms with Crippen molar-refractivity contribution in [3.05, 3.63) is 29.0 Å². The van der Waals surface area contributed by atoms with Crippen molar-refractivity contribution >= 4 is 11.6 Å². The lowest BCUT2D eigenvalue weighted by Crippen LogP contribution is -2.10. The molecule has 1 heterocycles. The summed E-state index contributed by atoms with van der Waals surface area (Å²) in [5.41, 5.74) is 7.02. The van der Waals surface area contributed by atoms with E-state index in [1.54, 1.807) is 12.3 Å². The summed E-state index contributed by atoms with van der Waals surface area (Å²) >= 11 is 5.67. The van der Waals surface area contributed by atoms with Crippen LogP contribution in [0.2, 0.25) is 5.15 Å². The van der Waals surface area contributed by atoms with E-state index in [-0.39, 0.29) is 6.04 Å². The molecule has 0 unspecified atom stereocenters. The molecule has 0 saturated heterocycles. The zero-order valence-corrected chi connectivity index (χ0v) is 8.59. The molecular weight excluding hydrogens is 184 g/mol. The molecule has 0 spiro atoms. The summed E-state index contributed by atoms with van der Waals surface area (Å²) in [5.74, 6) is 0. The van der Waals surface area contributed by atoms with Gasteiger partial charge in [-0.15, -0.1) is 0 Å². The van der Waals surface area contributed by atoms with Gasteiger partial charge >= 0.3 is 0 Å². The summed E-state index contributed by atoms with van der Waals surface area (Å²) in [6, 6.07) is 3.82. The molecule has 2 N–H and O–H groups in total. The van der Waals surface area contributed by atoms with Gasteiger partial charge in [-0.1, -0.05) is 37.4 Å². The van der Waals surface area contributed by atoms with Crippen molar-refractivity contribution in [3.8, 4) is 0 Å². The Bertz CT molecular complexity index is 246. The SMILES string of the molecule is CCCC[C@H](N)c1ccc(Cl)nc1. The zero-order chi connectivity index (χ0) is 9.68. The van der Waals surface area contributed by atoms with Crippen LogP contribution < -0.4 is 5.73 Å². The summed E-state index contributed by atoms with van der Waals surface area (Å²) in [7, 11) is 0. The van der Waals surface area contributed by atoms with Gasteiger partial charge in [0.05, 0.1) is 0 Å². The highest BCUT2D eigenvalue weighted by molar-refractivity contribution is 6.29. The standard InChI is InChI=1S/C10H15ClN2/c1-2-3-4-9(12)8-5-6-10(11)13-7-8/h5-7,9H,2-4,12H2,1H3/t9-/m0/s1. The molecule has 0 aliphatic rings. The van der Waals surface area contributed by atoms with Gasteiger partial charge in [0.25, 0.3) is 0 Å². The van der Waals surface area contributed by atoms with Gasteiger partial charge < -0.3 is 5.73 Å². The largest absolute Gasteiger partial charge is 0.324 e. The first-order valence-electron chi connectivity index (χ1n) is 4.61. The molecule has 0 aliphatic carbocycles. The minimum atomic E-state index is 0.102. The molecule has 13 heavy (non-hydrogen) atoms. The summed E-state index contributed by atoms with van der Waals surface area (Å²) < 4.78 is 0. The Morgan fingerprint density at radius 3 is 2.85 bits per heavy atom. The highest BCUT2D eigenvalue weighted by Gasteiger charge is 2.04. The third-order valence-corrected chi connectivity index (χ3v) is 2.27. The second-order valence-electron chi connectivity index (χ2n) is 3.16. The molecule has 0 radical (unpaired) electrons. The molecule has 0 saturated carbocycles. The van der Waals surface area contributed by atoms with Crippen LogP contribution >= 0.6 is 11.6 Å². The quantitative estimate of drug-likeness (QED) is 0.756. The fraction of sp³-hybridized carbons (Fsp3) is 0.500. The first-order valence-corrected chi connectivity index (χ1v) is 4.99. The molecule has 1 aromatic heterocycles. The predicted molar refractivity (Wildman–Crippen MR) is 55.7 cm³/mol. The van der Waals surface area contributed by atoms with E-state index < -0.39 is 0 Å². The van der Waals surface area contributed by atoms with Gasteiger partial charge in [0, 0.05) is 12.2 Å². The number of halogens is 1. The maximum Gasteiger partial charge on any atom is 0.129 e. The lowest BCUT2D eigenvalue weighted by atomic mass is 10.0. The molecule has 2 nitrogen and oxygen atoms in total. The van der Waals surface area contributed by atoms with E-state index in [4.69, 9.17) is 17.3 Å². The average Bonchev–Trinajstić information content (AvgIpc) is 2.15. The van der Waals surface area contributed by atoms with Crippen LogP contribution in [0.4, 0.5) is 0 Å². The first-order chi connectivity index (χ1) is 6.24. The first kappa shape index (κ1) is 10.5. The molecule has 0 bridgehead atoms. The fourth-order valence-corrected chi connectivity index (χ4v) is 1.31. The number of aromatic nitrogens is 1. The van der Waals surface area contributed by atoms with Gasteiger partial charge in [0.1, 0.15) is 5.15 Å². The summed E-state index contributed by atoms with van der Waals surface area (Å²) in [6.45, 7) is 2.16. The lowest BCUT2D eigenvalue weighted by molar-refractivity contribution is 0.602. The van der Waals surface area contributed by atoms with Gasteiger partial charge in [0.2, 0.25) is 0 Å². The topological polar surface area (TPSA) is 38.9 Å². The minimum absolute atomic E-state index is 0.102. The molecule has 1 rings (SSSR count). The third kappa shape index (κ3) is 3.33. The van der Waals surface area contributed by atoms with Crippen molar-refractivity contribution in [3.63, 3.8) is 0 Å². The molecule has 0 fully saturated rings. The lowest BCUT2D eigenvalue weighted by Gasteiger charge is -2.10. The molecule has 3 heteroatoms. The van der Waals surface area contributed by atoms with Crippen molar-refractivity contribution in [1.29, 1.82) is 0 Å². The maximum atomic E-state index is 5.95. The van der Waals surface area contributed by atoms with Crippen molar-refractivity contribution < 1.29 is 0 Å². The van der Waals surface area contributed by atoms with Crippen molar-refractivity contribution in [2.24, 2.45) is 5.73 Å². The zero-order valence-electron chi connectivity index (χ0n) is 7.83. The monoisotopic (exact) mass is 198 g/mol. The predicted octanol–water partition coefficient (Wildman–Crippen LogP) is 2.93. The van der Waals surface area contributed by atoms with Gasteiger partial charge in [0.15, 0.2) is 0 Å². The van der Waals surface area contributed by atoms with Crippen LogP contribution in [0.5, 0.6) is 0 Å². The number of hydrogen-bond donors (Lipinski definition) is 1. The molecular formula is C10H15ClN2. The van der Waals surface area contributed by atoms with Crippen LogP contribution in [0, 0.1) is 0 Å². The number of unbranched alkanes of at least 4 members (excludes halogenated alkanes) is 1. The van der Waals surface area contributed by atoms with Crippen molar-refractivity contribution in [1.82, 2.24) is 4.98 Å². The second-order valence-corrected chi connectivity index (χ2v) is 3.55. The second kappa shape index (κ2) is 5.20. The normalized spacial score (nSPS) is 12.8. The summed E-state index contributed by atoms with van der Waals surface area (Å²) in [4.78, 5) is 3.99. The van der Waals surface area contributed by atoms with E-state index in [2.05, 4.69) is 11.9 Å². The minimum Gasteiger partial charge on any atom is -0.324 e. The Kier molecular flexibility index (Phi) is 4.19. The van der Waals surface area contributed by atoms with Gasteiger partial charge in [-0.3, -0.25) is 0 Å². The Balaban J connectivity index is 2.55. The third-order valence-electron chi connectivity index (χ3n) is 2.05. The number of nitrogens with two attached hydrogens (primary N) is 1. The number of hydrogen-bond acceptors (Lipinski definition) is 2.